The van der Waals surface area contributed by atoms with Gasteiger partial charge in [-0.15, -0.1) is 0 Å². The van der Waals surface area contributed by atoms with Gasteiger partial charge in [-0.3, -0.25) is 4.79 Å². The number of nitrogens with zero attached hydrogens (tertiary/aromatic N) is 1. The van der Waals surface area contributed by atoms with Crippen LogP contribution in [0.4, 0.5) is 0 Å². The maximum atomic E-state index is 12.9. The van der Waals surface area contributed by atoms with Crippen molar-refractivity contribution in [2.75, 3.05) is 26.8 Å². The Morgan fingerprint density at radius 1 is 1.48 bits per heavy atom. The number of ether oxygens (including phenoxy) is 2. The number of methoxy groups -OCH3 is 1. The van der Waals surface area contributed by atoms with Crippen molar-refractivity contribution in [2.45, 2.75) is 33.2 Å². The molecule has 0 bridgehead atoms. The molecule has 0 spiro atoms. The molecule has 6 heteroatoms. The fourth-order valence-corrected chi connectivity index (χ4v) is 3.41. The first-order valence-electron chi connectivity index (χ1n) is 7.85. The molecule has 1 aliphatic rings. The lowest BCUT2D eigenvalue weighted by Crippen LogP contribution is -2.54. The van der Waals surface area contributed by atoms with Crippen molar-refractivity contribution in [3.05, 3.63) is 22.2 Å². The summed E-state index contributed by atoms with van der Waals surface area (Å²) in [6.45, 7) is 7.97. The zero-order chi connectivity index (χ0) is 17.2. The van der Waals surface area contributed by atoms with Crippen molar-refractivity contribution in [3.8, 4) is 11.5 Å². The average molecular weight is 385 g/mol. The summed E-state index contributed by atoms with van der Waals surface area (Å²) in [6, 6.07) is 3.64. The van der Waals surface area contributed by atoms with E-state index < -0.39 is 0 Å². The Labute approximate surface area is 146 Å². The van der Waals surface area contributed by atoms with Crippen LogP contribution in [-0.4, -0.2) is 43.7 Å². The van der Waals surface area contributed by atoms with E-state index in [4.69, 9.17) is 15.2 Å². The van der Waals surface area contributed by atoms with Gasteiger partial charge in [-0.1, -0.05) is 13.8 Å². The molecular formula is C17H25BrN2O3. The molecule has 1 aromatic rings. The molecule has 1 amide bonds. The molecule has 1 unspecified atom stereocenters. The summed E-state index contributed by atoms with van der Waals surface area (Å²) in [5, 5.41) is 0. The monoisotopic (exact) mass is 384 g/mol. The summed E-state index contributed by atoms with van der Waals surface area (Å²) < 4.78 is 11.7. The lowest BCUT2D eigenvalue weighted by Gasteiger charge is -2.42. The van der Waals surface area contributed by atoms with Crippen molar-refractivity contribution < 1.29 is 14.3 Å². The summed E-state index contributed by atoms with van der Waals surface area (Å²) in [5.41, 5.74) is 6.66. The minimum Gasteiger partial charge on any atom is -0.493 e. The molecule has 23 heavy (non-hydrogen) atoms. The first-order chi connectivity index (χ1) is 10.8. The Kier molecular flexibility index (Phi) is 5.57. The first kappa shape index (κ1) is 18.1. The van der Waals surface area contributed by atoms with Gasteiger partial charge in [0.15, 0.2) is 11.5 Å². The van der Waals surface area contributed by atoms with Gasteiger partial charge < -0.3 is 20.1 Å². The van der Waals surface area contributed by atoms with Gasteiger partial charge in [0.2, 0.25) is 0 Å². The summed E-state index contributed by atoms with van der Waals surface area (Å²) in [4.78, 5) is 14.7. The van der Waals surface area contributed by atoms with Gasteiger partial charge in [-0.25, -0.2) is 0 Å². The number of carbonyl (C=O) groups is 1. The number of benzene rings is 1. The van der Waals surface area contributed by atoms with Crippen molar-refractivity contribution >= 4 is 21.8 Å². The van der Waals surface area contributed by atoms with Crippen LogP contribution in [0.5, 0.6) is 11.5 Å². The summed E-state index contributed by atoms with van der Waals surface area (Å²) in [6.07, 6.45) is 0.814. The molecule has 0 saturated carbocycles. The van der Waals surface area contributed by atoms with E-state index >= 15 is 0 Å². The van der Waals surface area contributed by atoms with Crippen LogP contribution in [0.1, 0.15) is 37.6 Å². The maximum Gasteiger partial charge on any atom is 0.254 e. The summed E-state index contributed by atoms with van der Waals surface area (Å²) in [5.74, 6) is 1.16. The second kappa shape index (κ2) is 7.09. The molecule has 1 saturated heterocycles. The van der Waals surface area contributed by atoms with Crippen LogP contribution < -0.4 is 15.2 Å². The first-order valence-corrected chi connectivity index (χ1v) is 8.64. The van der Waals surface area contributed by atoms with Gasteiger partial charge in [0.05, 0.1) is 18.2 Å². The van der Waals surface area contributed by atoms with E-state index in [0.717, 1.165) is 10.9 Å². The average Bonchev–Trinajstić information content (AvgIpc) is 2.51. The molecule has 1 atom stereocenters. The van der Waals surface area contributed by atoms with E-state index in [1.54, 1.807) is 19.2 Å². The van der Waals surface area contributed by atoms with Crippen LogP contribution in [0.25, 0.3) is 0 Å². The van der Waals surface area contributed by atoms with E-state index in [9.17, 15) is 4.79 Å². The highest BCUT2D eigenvalue weighted by atomic mass is 79.9. The quantitative estimate of drug-likeness (QED) is 0.865. The van der Waals surface area contributed by atoms with Gasteiger partial charge in [0.25, 0.3) is 5.91 Å². The number of rotatable bonds is 4. The highest BCUT2D eigenvalue weighted by Crippen LogP contribution is 2.37. The summed E-state index contributed by atoms with van der Waals surface area (Å²) >= 11 is 3.47. The number of piperidine rings is 1. The second-order valence-electron chi connectivity index (χ2n) is 6.53. The van der Waals surface area contributed by atoms with Gasteiger partial charge >= 0.3 is 0 Å². The highest BCUT2D eigenvalue weighted by molar-refractivity contribution is 9.10. The SMILES string of the molecule is CCOc1c(Br)cc(C(=O)N2CCC(N)C(C)(C)C2)cc1OC. The minimum absolute atomic E-state index is 0.00739. The number of hydrogen-bond donors (Lipinski definition) is 1. The maximum absolute atomic E-state index is 12.9. The largest absolute Gasteiger partial charge is 0.493 e. The fourth-order valence-electron chi connectivity index (χ4n) is 2.86. The second-order valence-corrected chi connectivity index (χ2v) is 7.39. The molecule has 1 heterocycles. The molecule has 0 radical (unpaired) electrons. The van der Waals surface area contributed by atoms with Gasteiger partial charge in [-0.2, -0.15) is 0 Å². The third-order valence-corrected chi connectivity index (χ3v) is 4.95. The number of nitrogens with two attached hydrogens (primary N) is 1. The van der Waals surface area contributed by atoms with E-state index in [0.29, 0.717) is 36.8 Å². The Hall–Kier alpha value is -1.27. The number of hydrogen-bond acceptors (Lipinski definition) is 4. The normalized spacial score (nSPS) is 20.3. The van der Waals surface area contributed by atoms with Crippen LogP contribution >= 0.6 is 15.9 Å². The van der Waals surface area contributed by atoms with E-state index in [2.05, 4.69) is 29.8 Å². The third-order valence-electron chi connectivity index (χ3n) is 4.36. The molecular weight excluding hydrogens is 360 g/mol. The molecule has 0 aliphatic carbocycles. The van der Waals surface area contributed by atoms with Gasteiger partial charge in [0.1, 0.15) is 0 Å². The Balaban J connectivity index is 2.28. The van der Waals surface area contributed by atoms with Gasteiger partial charge in [0, 0.05) is 24.7 Å². The molecule has 1 aromatic carbocycles. The number of halogens is 1. The van der Waals surface area contributed by atoms with Crippen LogP contribution in [0, 0.1) is 5.41 Å². The third kappa shape index (κ3) is 3.80. The topological polar surface area (TPSA) is 64.8 Å². The van der Waals surface area contributed by atoms with Crippen LogP contribution in [-0.2, 0) is 0 Å². The summed E-state index contributed by atoms with van der Waals surface area (Å²) in [7, 11) is 1.57. The molecule has 5 nitrogen and oxygen atoms in total. The van der Waals surface area contributed by atoms with Gasteiger partial charge in [-0.05, 0) is 46.8 Å². The van der Waals surface area contributed by atoms with E-state index in [1.165, 1.54) is 0 Å². The lowest BCUT2D eigenvalue weighted by molar-refractivity contribution is 0.0532. The standard InChI is InChI=1S/C17H25BrN2O3/c1-5-23-15-12(18)8-11(9-13(15)22-4)16(21)20-7-6-14(19)17(2,3)10-20/h8-9,14H,5-7,10,19H2,1-4H3. The zero-order valence-corrected chi connectivity index (χ0v) is 15.8. The molecule has 0 aromatic heterocycles. The molecule has 2 N–H and O–H groups in total. The Bertz CT molecular complexity index is 589. The van der Waals surface area contributed by atoms with Crippen molar-refractivity contribution in [1.82, 2.24) is 4.90 Å². The van der Waals surface area contributed by atoms with E-state index in [-0.39, 0.29) is 17.4 Å². The number of likely N-dealkylation sites (tertiary alicyclic amines) is 1. The van der Waals surface area contributed by atoms with Crippen LogP contribution in [0.3, 0.4) is 0 Å². The van der Waals surface area contributed by atoms with Crippen LogP contribution in [0.15, 0.2) is 16.6 Å². The van der Waals surface area contributed by atoms with E-state index in [1.807, 2.05) is 11.8 Å². The minimum atomic E-state index is -0.0828. The van der Waals surface area contributed by atoms with Crippen molar-refractivity contribution in [3.63, 3.8) is 0 Å². The Morgan fingerprint density at radius 3 is 2.74 bits per heavy atom. The fraction of sp³-hybridized carbons (Fsp3) is 0.588. The van der Waals surface area contributed by atoms with Crippen molar-refractivity contribution in [2.24, 2.45) is 11.1 Å². The Morgan fingerprint density at radius 2 is 2.17 bits per heavy atom. The predicted octanol–water partition coefficient (Wildman–Crippen LogP) is 3.06. The predicted molar refractivity (Wildman–Crippen MR) is 94.1 cm³/mol. The number of carbonyl (C=O) groups excluding carboxylic acids is 1. The number of amides is 1. The molecule has 2 rings (SSSR count). The lowest BCUT2D eigenvalue weighted by atomic mass is 9.79. The highest BCUT2D eigenvalue weighted by Gasteiger charge is 2.35. The van der Waals surface area contributed by atoms with Crippen molar-refractivity contribution in [1.29, 1.82) is 0 Å². The van der Waals surface area contributed by atoms with Crippen LogP contribution in [0.2, 0.25) is 0 Å². The molecule has 1 fully saturated rings. The molecule has 128 valence electrons. The molecule has 1 aliphatic heterocycles. The smallest absolute Gasteiger partial charge is 0.254 e. The zero-order valence-electron chi connectivity index (χ0n) is 14.2.